The zero-order valence-electron chi connectivity index (χ0n) is 22.7. The molecule has 1 aromatic carbocycles. The minimum Gasteiger partial charge on any atom is -0.463 e. The fourth-order valence-corrected chi connectivity index (χ4v) is 4.97. The molecular weight excluding hydrogens is 520 g/mol. The Bertz CT molecular complexity index is 1340. The number of amides is 1. The second-order valence-electron chi connectivity index (χ2n) is 9.45. The fraction of sp³-hybridized carbons (Fsp3) is 0.393. The Kier molecular flexibility index (Phi) is 9.00. The Hall–Kier alpha value is -4.45. The molecule has 0 bridgehead atoms. The highest BCUT2D eigenvalue weighted by Gasteiger charge is 2.38. The number of benzene rings is 1. The maximum Gasteiger partial charge on any atom is 0.336 e. The number of ether oxygens (including phenoxy) is 2. The lowest BCUT2D eigenvalue weighted by atomic mass is 9.80. The third kappa shape index (κ3) is 6.23. The number of furan rings is 1. The van der Waals surface area contributed by atoms with Gasteiger partial charge in [-0.05, 0) is 38.5 Å². The van der Waals surface area contributed by atoms with Crippen LogP contribution in [0, 0.1) is 10.1 Å². The maximum absolute atomic E-state index is 13.4. The van der Waals surface area contributed by atoms with Crippen LogP contribution in [-0.2, 0) is 19.1 Å². The van der Waals surface area contributed by atoms with Crippen LogP contribution in [-0.4, -0.2) is 78.5 Å². The molecule has 2 aromatic rings. The van der Waals surface area contributed by atoms with Crippen LogP contribution in [0.25, 0.3) is 0 Å². The summed E-state index contributed by atoms with van der Waals surface area (Å²) in [5.41, 5.74) is 1.59. The molecule has 0 spiro atoms. The first-order chi connectivity index (χ1) is 19.2. The molecule has 0 aliphatic carbocycles. The molecule has 1 fully saturated rings. The van der Waals surface area contributed by atoms with Gasteiger partial charge in [-0.2, -0.15) is 0 Å². The Labute approximate surface area is 231 Å². The molecule has 1 unspecified atom stereocenters. The van der Waals surface area contributed by atoms with Crippen molar-refractivity contribution >= 4 is 23.5 Å². The van der Waals surface area contributed by atoms with Gasteiger partial charge >= 0.3 is 11.9 Å². The van der Waals surface area contributed by atoms with Crippen molar-refractivity contribution in [1.29, 1.82) is 0 Å². The number of non-ortho nitro benzene ring substituents is 1. The molecule has 1 N–H and O–H groups in total. The van der Waals surface area contributed by atoms with Gasteiger partial charge in [-0.1, -0.05) is 12.1 Å². The zero-order chi connectivity index (χ0) is 28.8. The van der Waals surface area contributed by atoms with Gasteiger partial charge in [-0.25, -0.2) is 9.59 Å². The summed E-state index contributed by atoms with van der Waals surface area (Å²) in [4.78, 5) is 53.7. The van der Waals surface area contributed by atoms with E-state index in [-0.39, 0.29) is 36.0 Å². The molecule has 0 radical (unpaired) electrons. The molecule has 4 rings (SSSR count). The van der Waals surface area contributed by atoms with Crippen molar-refractivity contribution in [2.45, 2.75) is 26.7 Å². The molecular formula is C28H32N4O8. The highest BCUT2D eigenvalue weighted by atomic mass is 16.6. The third-order valence-electron chi connectivity index (χ3n) is 6.92. The van der Waals surface area contributed by atoms with Crippen LogP contribution in [0.3, 0.4) is 0 Å². The number of nitrogens with one attached hydrogen (secondary N) is 1. The van der Waals surface area contributed by atoms with Crippen LogP contribution in [0.4, 0.5) is 5.69 Å². The van der Waals surface area contributed by atoms with Gasteiger partial charge in [0.1, 0.15) is 6.61 Å². The number of hydrogen-bond donors (Lipinski definition) is 1. The lowest BCUT2D eigenvalue weighted by Gasteiger charge is -2.34. The monoisotopic (exact) mass is 552 g/mol. The molecule has 3 heterocycles. The average molecular weight is 553 g/mol. The number of piperazine rings is 1. The molecule has 40 heavy (non-hydrogen) atoms. The van der Waals surface area contributed by atoms with Crippen molar-refractivity contribution in [1.82, 2.24) is 15.1 Å². The number of nitro groups is 1. The van der Waals surface area contributed by atoms with E-state index in [0.29, 0.717) is 55.4 Å². The van der Waals surface area contributed by atoms with Crippen LogP contribution in [0.15, 0.2) is 69.6 Å². The van der Waals surface area contributed by atoms with Crippen molar-refractivity contribution in [3.8, 4) is 0 Å². The van der Waals surface area contributed by atoms with E-state index in [4.69, 9.17) is 13.9 Å². The second-order valence-corrected chi connectivity index (χ2v) is 9.45. The number of hydrogen-bond acceptors (Lipinski definition) is 10. The standard InChI is InChI=1S/C28H32N4O8/c1-4-38-27(34)23-18(2)29-19(3)24(25(23)20-7-5-8-21(17-20)32(36)37)28(35)40-16-14-30-10-12-31(13-11-30)26(33)22-9-6-15-39-22/h5-9,15,17,25,29H,4,10-14,16H2,1-3H3. The van der Waals surface area contributed by atoms with E-state index in [2.05, 4.69) is 10.2 Å². The van der Waals surface area contributed by atoms with Crippen LogP contribution in [0.1, 0.15) is 42.8 Å². The largest absolute Gasteiger partial charge is 0.463 e. The number of allylic oxidation sites excluding steroid dienone is 2. The topological polar surface area (TPSA) is 144 Å². The van der Waals surface area contributed by atoms with Crippen LogP contribution < -0.4 is 5.32 Å². The molecule has 12 heteroatoms. The molecule has 0 saturated carbocycles. The number of nitro benzene ring substituents is 1. The molecule has 1 saturated heterocycles. The van der Waals surface area contributed by atoms with Gasteiger partial charge in [-0.3, -0.25) is 19.8 Å². The summed E-state index contributed by atoms with van der Waals surface area (Å²) in [5.74, 6) is -2.02. The molecule has 212 valence electrons. The summed E-state index contributed by atoms with van der Waals surface area (Å²) in [6.07, 6.45) is 1.47. The first-order valence-corrected chi connectivity index (χ1v) is 13.0. The molecule has 1 amide bonds. The molecule has 12 nitrogen and oxygen atoms in total. The number of rotatable bonds is 9. The van der Waals surface area contributed by atoms with E-state index in [1.165, 1.54) is 24.5 Å². The van der Waals surface area contributed by atoms with Gasteiger partial charge < -0.3 is 24.1 Å². The summed E-state index contributed by atoms with van der Waals surface area (Å²) in [6, 6.07) is 9.17. The van der Waals surface area contributed by atoms with E-state index in [0.717, 1.165) is 0 Å². The number of dihydropyridines is 1. The van der Waals surface area contributed by atoms with E-state index < -0.39 is 22.8 Å². The van der Waals surface area contributed by atoms with Gasteiger partial charge in [0.25, 0.3) is 11.6 Å². The molecule has 2 aliphatic rings. The SMILES string of the molecule is CCOC(=O)C1=C(C)NC(C)=C(C(=O)OCCN2CCN(C(=O)c3ccco3)CC2)C1c1cccc([N+](=O)[O-])c1. The van der Waals surface area contributed by atoms with E-state index in [1.54, 1.807) is 43.9 Å². The summed E-state index contributed by atoms with van der Waals surface area (Å²) in [5, 5.41) is 14.5. The first-order valence-electron chi connectivity index (χ1n) is 13.0. The Morgan fingerprint density at radius 1 is 1.02 bits per heavy atom. The van der Waals surface area contributed by atoms with Gasteiger partial charge in [0, 0.05) is 56.3 Å². The van der Waals surface area contributed by atoms with Crippen molar-refractivity contribution in [2.75, 3.05) is 45.9 Å². The Morgan fingerprint density at radius 3 is 2.30 bits per heavy atom. The average Bonchev–Trinajstić information content (AvgIpc) is 3.48. The van der Waals surface area contributed by atoms with Crippen molar-refractivity contribution in [3.05, 3.63) is 86.6 Å². The van der Waals surface area contributed by atoms with Crippen molar-refractivity contribution in [2.24, 2.45) is 0 Å². The van der Waals surface area contributed by atoms with Gasteiger partial charge in [0.05, 0.1) is 34.9 Å². The Balaban J connectivity index is 1.46. The lowest BCUT2D eigenvalue weighted by molar-refractivity contribution is -0.384. The minimum atomic E-state index is -0.913. The normalized spacial score (nSPS) is 17.9. The van der Waals surface area contributed by atoms with Crippen molar-refractivity contribution < 1.29 is 33.2 Å². The van der Waals surface area contributed by atoms with Crippen LogP contribution in [0.5, 0.6) is 0 Å². The third-order valence-corrected chi connectivity index (χ3v) is 6.92. The maximum atomic E-state index is 13.4. The van der Waals surface area contributed by atoms with E-state index in [9.17, 15) is 24.5 Å². The van der Waals surface area contributed by atoms with E-state index in [1.807, 2.05) is 0 Å². The molecule has 1 aromatic heterocycles. The smallest absolute Gasteiger partial charge is 0.336 e. The quantitative estimate of drug-likeness (QED) is 0.280. The highest BCUT2D eigenvalue weighted by molar-refractivity contribution is 6.00. The van der Waals surface area contributed by atoms with Gasteiger partial charge in [0.15, 0.2) is 5.76 Å². The van der Waals surface area contributed by atoms with Crippen molar-refractivity contribution in [3.63, 3.8) is 0 Å². The summed E-state index contributed by atoms with van der Waals surface area (Å²) in [6.45, 7) is 7.98. The van der Waals surface area contributed by atoms with Crippen LogP contribution in [0.2, 0.25) is 0 Å². The lowest BCUT2D eigenvalue weighted by Crippen LogP contribution is -2.49. The minimum absolute atomic E-state index is 0.0842. The first kappa shape index (κ1) is 28.6. The predicted molar refractivity (Wildman–Crippen MR) is 143 cm³/mol. The van der Waals surface area contributed by atoms with E-state index >= 15 is 0 Å². The summed E-state index contributed by atoms with van der Waals surface area (Å²) < 4.78 is 16.1. The number of carbonyl (C=O) groups excluding carboxylic acids is 3. The fourth-order valence-electron chi connectivity index (χ4n) is 4.97. The van der Waals surface area contributed by atoms with Gasteiger partial charge in [0.2, 0.25) is 0 Å². The highest BCUT2D eigenvalue weighted by Crippen LogP contribution is 2.40. The zero-order valence-corrected chi connectivity index (χ0v) is 22.7. The van der Waals surface area contributed by atoms with Crippen LogP contribution >= 0.6 is 0 Å². The second kappa shape index (κ2) is 12.6. The molecule has 1 atom stereocenters. The summed E-state index contributed by atoms with van der Waals surface area (Å²) in [7, 11) is 0. The number of nitrogens with zero attached hydrogens (tertiary/aromatic N) is 3. The summed E-state index contributed by atoms with van der Waals surface area (Å²) >= 11 is 0. The van der Waals surface area contributed by atoms with Gasteiger partial charge in [-0.15, -0.1) is 0 Å². The molecule has 2 aliphatic heterocycles. The number of carbonyl (C=O) groups is 3. The Morgan fingerprint density at radius 2 is 1.70 bits per heavy atom. The number of esters is 2. The predicted octanol–water partition coefficient (Wildman–Crippen LogP) is 2.99.